The molecule has 0 aliphatic carbocycles. The lowest BCUT2D eigenvalue weighted by molar-refractivity contribution is -0.131. The van der Waals surface area contributed by atoms with Gasteiger partial charge in [0.25, 0.3) is 0 Å². The van der Waals surface area contributed by atoms with Crippen LogP contribution in [0.2, 0.25) is 0 Å². The lowest BCUT2D eigenvalue weighted by Crippen LogP contribution is -2.49. The fourth-order valence-corrected chi connectivity index (χ4v) is 3.71. The van der Waals surface area contributed by atoms with Gasteiger partial charge in [-0.3, -0.25) is 9.69 Å². The Morgan fingerprint density at radius 2 is 1.70 bits per heavy atom. The van der Waals surface area contributed by atoms with E-state index in [0.29, 0.717) is 24.6 Å². The Morgan fingerprint density at radius 3 is 2.37 bits per heavy atom. The SMILES string of the molecule is COc1cccc(N2CCN(CC(=O)N(C)Cc3cccc(OC)c3OC)CC2)c1. The van der Waals surface area contributed by atoms with Crippen LogP contribution < -0.4 is 19.1 Å². The van der Waals surface area contributed by atoms with Crippen LogP contribution in [0, 0.1) is 0 Å². The summed E-state index contributed by atoms with van der Waals surface area (Å²) in [6.45, 7) is 4.35. The number of likely N-dealkylation sites (N-methyl/N-ethyl adjacent to an activating group) is 1. The van der Waals surface area contributed by atoms with Crippen molar-refractivity contribution in [3.05, 3.63) is 48.0 Å². The van der Waals surface area contributed by atoms with Crippen molar-refractivity contribution in [3.8, 4) is 17.2 Å². The normalized spacial score (nSPS) is 14.3. The zero-order chi connectivity index (χ0) is 21.5. The van der Waals surface area contributed by atoms with E-state index in [4.69, 9.17) is 14.2 Å². The van der Waals surface area contributed by atoms with Crippen molar-refractivity contribution in [3.63, 3.8) is 0 Å². The molecule has 1 heterocycles. The molecule has 2 aromatic carbocycles. The van der Waals surface area contributed by atoms with Gasteiger partial charge in [-0.1, -0.05) is 18.2 Å². The van der Waals surface area contributed by atoms with Crippen molar-refractivity contribution in [1.29, 1.82) is 0 Å². The molecule has 2 aromatic rings. The van der Waals surface area contributed by atoms with Gasteiger partial charge >= 0.3 is 0 Å². The van der Waals surface area contributed by atoms with Gasteiger partial charge in [-0.15, -0.1) is 0 Å². The van der Waals surface area contributed by atoms with Crippen molar-refractivity contribution in [2.24, 2.45) is 0 Å². The molecule has 3 rings (SSSR count). The Balaban J connectivity index is 1.53. The first kappa shape index (κ1) is 21.8. The smallest absolute Gasteiger partial charge is 0.236 e. The number of piperazine rings is 1. The van der Waals surface area contributed by atoms with E-state index in [1.807, 2.05) is 37.4 Å². The number of nitrogens with zero attached hydrogens (tertiary/aromatic N) is 3. The highest BCUT2D eigenvalue weighted by molar-refractivity contribution is 5.78. The molecule has 0 spiro atoms. The highest BCUT2D eigenvalue weighted by atomic mass is 16.5. The first-order valence-corrected chi connectivity index (χ1v) is 10.1. The second-order valence-corrected chi connectivity index (χ2v) is 7.37. The molecule has 162 valence electrons. The summed E-state index contributed by atoms with van der Waals surface area (Å²) >= 11 is 0. The third-order valence-electron chi connectivity index (χ3n) is 5.47. The maximum atomic E-state index is 12.8. The van der Waals surface area contributed by atoms with E-state index in [9.17, 15) is 4.79 Å². The van der Waals surface area contributed by atoms with Gasteiger partial charge in [0.05, 0.1) is 27.9 Å². The lowest BCUT2D eigenvalue weighted by Gasteiger charge is -2.36. The summed E-state index contributed by atoms with van der Waals surface area (Å²) in [6.07, 6.45) is 0. The summed E-state index contributed by atoms with van der Waals surface area (Å²) in [6, 6.07) is 13.8. The number of carbonyl (C=O) groups excluding carboxylic acids is 1. The molecule has 30 heavy (non-hydrogen) atoms. The Labute approximate surface area is 178 Å². The molecule has 1 saturated heterocycles. The number of hydrogen-bond donors (Lipinski definition) is 0. The summed E-state index contributed by atoms with van der Waals surface area (Å²) in [5.74, 6) is 2.30. The van der Waals surface area contributed by atoms with Crippen molar-refractivity contribution in [2.75, 3.05) is 66.0 Å². The first-order valence-electron chi connectivity index (χ1n) is 10.1. The van der Waals surface area contributed by atoms with Gasteiger partial charge < -0.3 is 24.0 Å². The van der Waals surface area contributed by atoms with Crippen LogP contribution in [-0.2, 0) is 11.3 Å². The molecule has 7 heteroatoms. The van der Waals surface area contributed by atoms with E-state index in [-0.39, 0.29) is 5.91 Å². The summed E-state index contributed by atoms with van der Waals surface area (Å²) in [5, 5.41) is 0. The van der Waals surface area contributed by atoms with Crippen molar-refractivity contribution in [2.45, 2.75) is 6.54 Å². The monoisotopic (exact) mass is 413 g/mol. The Kier molecular flexibility index (Phi) is 7.41. The van der Waals surface area contributed by atoms with E-state index >= 15 is 0 Å². The number of methoxy groups -OCH3 is 3. The van der Waals surface area contributed by atoms with Crippen LogP contribution in [0.1, 0.15) is 5.56 Å². The van der Waals surface area contributed by atoms with E-state index in [0.717, 1.165) is 43.2 Å². The lowest BCUT2D eigenvalue weighted by atomic mass is 10.1. The number of rotatable bonds is 8. The maximum Gasteiger partial charge on any atom is 0.236 e. The van der Waals surface area contributed by atoms with E-state index in [1.165, 1.54) is 0 Å². The summed E-state index contributed by atoms with van der Waals surface area (Å²) < 4.78 is 16.2. The number of hydrogen-bond acceptors (Lipinski definition) is 6. The fourth-order valence-electron chi connectivity index (χ4n) is 3.71. The third kappa shape index (κ3) is 5.16. The zero-order valence-corrected chi connectivity index (χ0v) is 18.3. The summed E-state index contributed by atoms with van der Waals surface area (Å²) in [4.78, 5) is 19.1. The zero-order valence-electron chi connectivity index (χ0n) is 18.3. The molecular weight excluding hydrogens is 382 g/mol. The minimum absolute atomic E-state index is 0.0923. The van der Waals surface area contributed by atoms with Crippen molar-refractivity contribution in [1.82, 2.24) is 9.80 Å². The van der Waals surface area contributed by atoms with Gasteiger partial charge in [0, 0.05) is 57.1 Å². The minimum Gasteiger partial charge on any atom is -0.497 e. The van der Waals surface area contributed by atoms with Crippen LogP contribution in [0.5, 0.6) is 17.2 Å². The standard InChI is InChI=1S/C23H31N3O4/c1-24(16-18-7-5-10-21(29-3)23(18)30-4)22(27)17-25-11-13-26(14-12-25)19-8-6-9-20(15-19)28-2/h5-10,15H,11-14,16-17H2,1-4H3. The number of anilines is 1. The van der Waals surface area contributed by atoms with Gasteiger partial charge in [0.15, 0.2) is 11.5 Å². The molecular formula is C23H31N3O4. The molecule has 0 bridgehead atoms. The van der Waals surface area contributed by atoms with E-state index in [1.54, 1.807) is 26.2 Å². The maximum absolute atomic E-state index is 12.8. The molecule has 7 nitrogen and oxygen atoms in total. The number of amides is 1. The third-order valence-corrected chi connectivity index (χ3v) is 5.47. The number of para-hydroxylation sites is 1. The number of benzene rings is 2. The Bertz CT molecular complexity index is 850. The van der Waals surface area contributed by atoms with E-state index < -0.39 is 0 Å². The average Bonchev–Trinajstić information content (AvgIpc) is 2.79. The van der Waals surface area contributed by atoms with Crippen LogP contribution >= 0.6 is 0 Å². The Morgan fingerprint density at radius 1 is 0.967 bits per heavy atom. The fraction of sp³-hybridized carbons (Fsp3) is 0.435. The molecule has 1 amide bonds. The highest BCUT2D eigenvalue weighted by Crippen LogP contribution is 2.31. The first-order chi connectivity index (χ1) is 14.5. The second kappa shape index (κ2) is 10.2. The molecule has 0 atom stereocenters. The molecule has 0 saturated carbocycles. The summed E-state index contributed by atoms with van der Waals surface area (Å²) in [5.41, 5.74) is 2.08. The predicted molar refractivity (Wildman–Crippen MR) is 118 cm³/mol. The van der Waals surface area contributed by atoms with Crippen molar-refractivity contribution < 1.29 is 19.0 Å². The molecule has 0 unspecified atom stereocenters. The molecule has 0 aromatic heterocycles. The number of ether oxygens (including phenoxy) is 3. The topological polar surface area (TPSA) is 54.5 Å². The largest absolute Gasteiger partial charge is 0.497 e. The minimum atomic E-state index is 0.0923. The van der Waals surface area contributed by atoms with Crippen LogP contribution in [0.15, 0.2) is 42.5 Å². The predicted octanol–water partition coefficient (Wildman–Crippen LogP) is 2.49. The van der Waals surface area contributed by atoms with Crippen LogP contribution in [0.4, 0.5) is 5.69 Å². The van der Waals surface area contributed by atoms with Crippen molar-refractivity contribution >= 4 is 11.6 Å². The quantitative estimate of drug-likeness (QED) is 0.663. The second-order valence-electron chi connectivity index (χ2n) is 7.37. The molecule has 1 aliphatic heterocycles. The van der Waals surface area contributed by atoms with Gasteiger partial charge in [0.2, 0.25) is 5.91 Å². The Hall–Kier alpha value is -2.93. The van der Waals surface area contributed by atoms with E-state index in [2.05, 4.69) is 21.9 Å². The van der Waals surface area contributed by atoms with Gasteiger partial charge in [-0.2, -0.15) is 0 Å². The number of carbonyl (C=O) groups is 1. The van der Waals surface area contributed by atoms with Gasteiger partial charge in [-0.25, -0.2) is 0 Å². The molecule has 0 radical (unpaired) electrons. The van der Waals surface area contributed by atoms with Crippen LogP contribution in [-0.4, -0.2) is 76.8 Å². The van der Waals surface area contributed by atoms with Crippen LogP contribution in [0.25, 0.3) is 0 Å². The summed E-state index contributed by atoms with van der Waals surface area (Å²) in [7, 11) is 6.74. The van der Waals surface area contributed by atoms with Gasteiger partial charge in [-0.05, 0) is 18.2 Å². The average molecular weight is 414 g/mol. The van der Waals surface area contributed by atoms with Gasteiger partial charge in [0.1, 0.15) is 5.75 Å². The molecule has 1 fully saturated rings. The molecule has 1 aliphatic rings. The van der Waals surface area contributed by atoms with Crippen LogP contribution in [0.3, 0.4) is 0 Å². The highest BCUT2D eigenvalue weighted by Gasteiger charge is 2.22. The molecule has 0 N–H and O–H groups in total.